The Morgan fingerprint density at radius 2 is 2.42 bits per heavy atom. The van der Waals surface area contributed by atoms with Crippen molar-refractivity contribution >= 4 is 11.6 Å². The van der Waals surface area contributed by atoms with Crippen molar-refractivity contribution in [1.82, 2.24) is 9.55 Å². The molecule has 0 aliphatic rings. The van der Waals surface area contributed by atoms with E-state index in [0.29, 0.717) is 11.6 Å². The third-order valence-electron chi connectivity index (χ3n) is 1.72. The summed E-state index contributed by atoms with van der Waals surface area (Å²) in [4.78, 5) is 3.96. The van der Waals surface area contributed by atoms with Crippen LogP contribution >= 0.6 is 11.6 Å². The summed E-state index contributed by atoms with van der Waals surface area (Å²) < 4.78 is 1.94. The molecule has 0 unspecified atom stereocenters. The minimum atomic E-state index is -0.371. The smallest absolute Gasteiger partial charge is 0.150 e. The molecule has 0 amide bonds. The number of hydrogen-bond acceptors (Lipinski definition) is 2. The summed E-state index contributed by atoms with van der Waals surface area (Å²) in [5, 5.41) is 9.67. The molecule has 1 N–H and O–H groups in total. The highest BCUT2D eigenvalue weighted by molar-refractivity contribution is 6.30. The highest BCUT2D eigenvalue weighted by atomic mass is 35.5. The molecule has 0 aromatic carbocycles. The van der Waals surface area contributed by atoms with Crippen LogP contribution in [0.2, 0.25) is 5.15 Å². The monoisotopic (exact) mass is 188 g/mol. The molecule has 3 nitrogen and oxygen atoms in total. The summed E-state index contributed by atoms with van der Waals surface area (Å²) in [5.74, 6) is 0. The molecule has 1 aromatic rings. The second-order valence-corrected chi connectivity index (χ2v) is 3.18. The first-order valence-corrected chi connectivity index (χ1v) is 4.40. The molecule has 4 heteroatoms. The lowest BCUT2D eigenvalue weighted by Crippen LogP contribution is -2.09. The van der Waals surface area contributed by atoms with Crippen LogP contribution in [0.3, 0.4) is 0 Å². The van der Waals surface area contributed by atoms with Crippen molar-refractivity contribution in [3.63, 3.8) is 0 Å². The average molecular weight is 189 g/mol. The van der Waals surface area contributed by atoms with Crippen molar-refractivity contribution in [1.29, 1.82) is 0 Å². The average Bonchev–Trinajstić information content (AvgIpc) is 2.32. The number of aromatic nitrogens is 2. The fourth-order valence-electron chi connectivity index (χ4n) is 1.14. The number of rotatable bonds is 3. The van der Waals surface area contributed by atoms with Crippen molar-refractivity contribution in [2.75, 3.05) is 0 Å². The first kappa shape index (κ1) is 9.55. The second-order valence-electron chi connectivity index (χ2n) is 2.82. The van der Waals surface area contributed by atoms with Gasteiger partial charge in [0.05, 0.1) is 18.1 Å². The first-order valence-electron chi connectivity index (χ1n) is 4.02. The molecule has 1 rings (SSSR count). The predicted molar refractivity (Wildman–Crippen MR) is 48.3 cm³/mol. The predicted octanol–water partition coefficient (Wildman–Crippen LogP) is 1.48. The quantitative estimate of drug-likeness (QED) is 0.781. The Kier molecular flexibility index (Phi) is 3.12. The summed E-state index contributed by atoms with van der Waals surface area (Å²) in [6.07, 6.45) is 1.89. The van der Waals surface area contributed by atoms with E-state index in [9.17, 15) is 0 Å². The topological polar surface area (TPSA) is 38.0 Å². The van der Waals surface area contributed by atoms with Gasteiger partial charge in [-0.05, 0) is 13.8 Å². The molecule has 0 bridgehead atoms. The maximum absolute atomic E-state index is 9.17. The van der Waals surface area contributed by atoms with E-state index >= 15 is 0 Å². The van der Waals surface area contributed by atoms with E-state index < -0.39 is 0 Å². The van der Waals surface area contributed by atoms with Crippen molar-refractivity contribution in [2.24, 2.45) is 0 Å². The zero-order valence-corrected chi connectivity index (χ0v) is 8.04. The molecule has 0 saturated carbocycles. The van der Waals surface area contributed by atoms with Crippen LogP contribution in [0.4, 0.5) is 0 Å². The number of aryl methyl sites for hydroxylation is 1. The number of imidazole rings is 1. The Morgan fingerprint density at radius 1 is 1.75 bits per heavy atom. The lowest BCUT2D eigenvalue weighted by atomic mass is 10.2. The normalized spacial score (nSPS) is 13.3. The highest BCUT2D eigenvalue weighted by Crippen LogP contribution is 2.15. The van der Waals surface area contributed by atoms with Crippen LogP contribution in [0, 0.1) is 0 Å². The maximum atomic E-state index is 9.17. The first-order chi connectivity index (χ1) is 5.65. The molecule has 12 heavy (non-hydrogen) atoms. The Morgan fingerprint density at radius 3 is 2.92 bits per heavy atom. The summed E-state index contributed by atoms with van der Waals surface area (Å²) in [6.45, 7) is 4.59. The summed E-state index contributed by atoms with van der Waals surface area (Å²) in [7, 11) is 0. The second kappa shape index (κ2) is 3.92. The van der Waals surface area contributed by atoms with Crippen LogP contribution in [0.15, 0.2) is 6.33 Å². The van der Waals surface area contributed by atoms with Gasteiger partial charge in [0.2, 0.25) is 0 Å². The van der Waals surface area contributed by atoms with Gasteiger partial charge in [0.25, 0.3) is 0 Å². The number of halogens is 1. The van der Waals surface area contributed by atoms with Gasteiger partial charge in [0.15, 0.2) is 0 Å². The number of aliphatic hydroxyl groups is 1. The van der Waals surface area contributed by atoms with E-state index in [4.69, 9.17) is 16.7 Å². The lowest BCUT2D eigenvalue weighted by Gasteiger charge is -2.07. The van der Waals surface area contributed by atoms with Gasteiger partial charge < -0.3 is 9.67 Å². The molecule has 1 aromatic heterocycles. The third kappa shape index (κ3) is 1.99. The fourth-order valence-corrected chi connectivity index (χ4v) is 1.37. The van der Waals surface area contributed by atoms with Gasteiger partial charge in [-0.3, -0.25) is 0 Å². The zero-order chi connectivity index (χ0) is 9.14. The third-order valence-corrected chi connectivity index (χ3v) is 2.04. The van der Waals surface area contributed by atoms with E-state index in [1.807, 2.05) is 11.5 Å². The van der Waals surface area contributed by atoms with Crippen molar-refractivity contribution in [3.8, 4) is 0 Å². The number of hydrogen-bond donors (Lipinski definition) is 1. The minimum Gasteiger partial charge on any atom is -0.393 e. The number of aliphatic hydroxyl groups excluding tert-OH is 1. The van der Waals surface area contributed by atoms with Crippen LogP contribution in [-0.4, -0.2) is 20.8 Å². The van der Waals surface area contributed by atoms with Crippen LogP contribution in [0.5, 0.6) is 0 Å². The molecular formula is C8H13ClN2O. The standard InChI is InChI=1S/C8H13ClN2O/c1-3-11-5-10-8(9)7(11)4-6(2)12/h5-6,12H,3-4H2,1-2H3/t6-/m0/s1. The Bertz CT molecular complexity index is 258. The molecule has 68 valence electrons. The Hall–Kier alpha value is -0.540. The van der Waals surface area contributed by atoms with Gasteiger partial charge in [-0.25, -0.2) is 4.98 Å². The van der Waals surface area contributed by atoms with E-state index in [1.165, 1.54) is 0 Å². The molecule has 0 aliphatic carbocycles. The summed E-state index contributed by atoms with van der Waals surface area (Å²) in [6, 6.07) is 0. The van der Waals surface area contributed by atoms with E-state index in [0.717, 1.165) is 12.2 Å². The van der Waals surface area contributed by atoms with Crippen molar-refractivity contribution in [2.45, 2.75) is 32.9 Å². The van der Waals surface area contributed by atoms with Gasteiger partial charge >= 0.3 is 0 Å². The van der Waals surface area contributed by atoms with Crippen molar-refractivity contribution < 1.29 is 5.11 Å². The van der Waals surface area contributed by atoms with Crippen molar-refractivity contribution in [3.05, 3.63) is 17.2 Å². The molecule has 0 radical (unpaired) electrons. The Labute approximate surface area is 77.0 Å². The van der Waals surface area contributed by atoms with Crippen LogP contribution < -0.4 is 0 Å². The maximum Gasteiger partial charge on any atom is 0.150 e. The summed E-state index contributed by atoms with van der Waals surface area (Å²) >= 11 is 5.82. The fraction of sp³-hybridized carbons (Fsp3) is 0.625. The molecule has 0 spiro atoms. The minimum absolute atomic E-state index is 0.371. The van der Waals surface area contributed by atoms with Crippen LogP contribution in [-0.2, 0) is 13.0 Å². The molecule has 0 fully saturated rings. The van der Waals surface area contributed by atoms with E-state index in [-0.39, 0.29) is 6.10 Å². The van der Waals surface area contributed by atoms with Crippen LogP contribution in [0.1, 0.15) is 19.5 Å². The zero-order valence-electron chi connectivity index (χ0n) is 7.29. The molecule has 0 aliphatic heterocycles. The van der Waals surface area contributed by atoms with Gasteiger partial charge in [-0.1, -0.05) is 11.6 Å². The van der Waals surface area contributed by atoms with Gasteiger partial charge in [0.1, 0.15) is 5.15 Å². The SMILES string of the molecule is CCn1cnc(Cl)c1C[C@H](C)O. The number of nitrogens with zero attached hydrogens (tertiary/aromatic N) is 2. The van der Waals surface area contributed by atoms with E-state index in [2.05, 4.69) is 4.98 Å². The summed E-state index contributed by atoms with van der Waals surface area (Å²) in [5.41, 5.74) is 0.911. The largest absolute Gasteiger partial charge is 0.393 e. The Balaban J connectivity index is 2.86. The van der Waals surface area contributed by atoms with Gasteiger partial charge in [-0.15, -0.1) is 0 Å². The molecule has 1 heterocycles. The van der Waals surface area contributed by atoms with Gasteiger partial charge in [0, 0.05) is 13.0 Å². The lowest BCUT2D eigenvalue weighted by molar-refractivity contribution is 0.193. The molecule has 1 atom stereocenters. The van der Waals surface area contributed by atoms with Gasteiger partial charge in [-0.2, -0.15) is 0 Å². The van der Waals surface area contributed by atoms with E-state index in [1.54, 1.807) is 13.3 Å². The van der Waals surface area contributed by atoms with Crippen LogP contribution in [0.25, 0.3) is 0 Å². The highest BCUT2D eigenvalue weighted by Gasteiger charge is 2.09. The molecular weight excluding hydrogens is 176 g/mol. The molecule has 0 saturated heterocycles.